The van der Waals surface area contributed by atoms with Crippen molar-refractivity contribution < 1.29 is 8.78 Å². The Morgan fingerprint density at radius 1 is 1.39 bits per heavy atom. The molecule has 0 aliphatic rings. The number of nitrogens with one attached hydrogen (secondary N) is 1. The largest absolute Gasteiger partial charge is 0.378 e. The van der Waals surface area contributed by atoms with Crippen molar-refractivity contribution in [3.05, 3.63) is 29.8 Å². The van der Waals surface area contributed by atoms with Crippen LogP contribution in [-0.4, -0.2) is 19.6 Å². The Labute approximate surface area is 103 Å². The summed E-state index contributed by atoms with van der Waals surface area (Å²) in [6, 6.07) is 0. The van der Waals surface area contributed by atoms with Crippen LogP contribution in [0.25, 0.3) is 0 Å². The molecule has 98 valence electrons. The molecule has 0 spiro atoms. The first kappa shape index (κ1) is 12.5. The van der Waals surface area contributed by atoms with Crippen molar-refractivity contribution in [3.8, 4) is 0 Å². The third-order valence-electron chi connectivity index (χ3n) is 2.61. The Kier molecular flexibility index (Phi) is 3.59. The fraction of sp³-hybridized carbons (Fsp3) is 0.455. The maximum Gasteiger partial charge on any atom is 0.333 e. The zero-order chi connectivity index (χ0) is 13.1. The molecule has 0 unspecified atom stereocenters. The summed E-state index contributed by atoms with van der Waals surface area (Å²) in [7, 11) is 0. The lowest BCUT2D eigenvalue weighted by Gasteiger charge is -2.01. The first-order valence-corrected chi connectivity index (χ1v) is 5.69. The summed E-state index contributed by atoms with van der Waals surface area (Å²) in [5.41, 5.74) is 2.17. The molecule has 2 aromatic rings. The molecular formula is C11H15F2N5. The standard InChI is InChI=1S/C11H15F2N5/c1-3-17-6-9(5-15-17)4-14-10-7-18(11(12)13)16-8(10)2/h5-7,11,14H,3-4H2,1-2H3. The molecule has 2 rings (SSSR count). The van der Waals surface area contributed by atoms with Gasteiger partial charge in [0.1, 0.15) is 0 Å². The molecule has 0 amide bonds. The fourth-order valence-corrected chi connectivity index (χ4v) is 1.62. The molecule has 2 aromatic heterocycles. The summed E-state index contributed by atoms with van der Waals surface area (Å²) in [6.07, 6.45) is 4.98. The van der Waals surface area contributed by atoms with Crippen LogP contribution in [0.2, 0.25) is 0 Å². The molecule has 1 N–H and O–H groups in total. The molecule has 0 saturated carbocycles. The number of anilines is 1. The van der Waals surface area contributed by atoms with Crippen LogP contribution in [0.1, 0.15) is 24.7 Å². The summed E-state index contributed by atoms with van der Waals surface area (Å²) >= 11 is 0. The highest BCUT2D eigenvalue weighted by atomic mass is 19.3. The second-order valence-corrected chi connectivity index (χ2v) is 3.94. The van der Waals surface area contributed by atoms with Crippen LogP contribution >= 0.6 is 0 Å². The van der Waals surface area contributed by atoms with Crippen molar-refractivity contribution in [2.75, 3.05) is 5.32 Å². The van der Waals surface area contributed by atoms with E-state index in [9.17, 15) is 8.78 Å². The van der Waals surface area contributed by atoms with E-state index in [0.29, 0.717) is 22.6 Å². The van der Waals surface area contributed by atoms with Crippen molar-refractivity contribution in [1.82, 2.24) is 19.6 Å². The quantitative estimate of drug-likeness (QED) is 0.892. The third-order valence-corrected chi connectivity index (χ3v) is 2.61. The molecule has 18 heavy (non-hydrogen) atoms. The predicted octanol–water partition coefficient (Wildman–Crippen LogP) is 2.42. The number of rotatable bonds is 5. The van der Waals surface area contributed by atoms with Gasteiger partial charge in [-0.3, -0.25) is 4.68 Å². The number of alkyl halides is 2. The van der Waals surface area contributed by atoms with E-state index in [2.05, 4.69) is 15.5 Å². The lowest BCUT2D eigenvalue weighted by Crippen LogP contribution is -1.99. The highest BCUT2D eigenvalue weighted by Gasteiger charge is 2.11. The maximum atomic E-state index is 12.4. The second kappa shape index (κ2) is 5.16. The van der Waals surface area contributed by atoms with Gasteiger partial charge in [-0.2, -0.15) is 19.0 Å². The SMILES string of the molecule is CCn1cc(CNc2cn(C(F)F)nc2C)cn1. The first-order valence-electron chi connectivity index (χ1n) is 5.69. The number of aromatic nitrogens is 4. The normalized spacial score (nSPS) is 11.2. The minimum atomic E-state index is -2.61. The second-order valence-electron chi connectivity index (χ2n) is 3.94. The van der Waals surface area contributed by atoms with Gasteiger partial charge in [0.15, 0.2) is 0 Å². The van der Waals surface area contributed by atoms with E-state index < -0.39 is 6.55 Å². The topological polar surface area (TPSA) is 47.7 Å². The van der Waals surface area contributed by atoms with E-state index in [1.54, 1.807) is 13.1 Å². The molecular weight excluding hydrogens is 240 g/mol. The molecule has 0 aliphatic heterocycles. The van der Waals surface area contributed by atoms with Crippen LogP contribution in [0.5, 0.6) is 0 Å². The van der Waals surface area contributed by atoms with Gasteiger partial charge in [-0.05, 0) is 13.8 Å². The van der Waals surface area contributed by atoms with Crippen LogP contribution in [-0.2, 0) is 13.1 Å². The summed E-state index contributed by atoms with van der Waals surface area (Å²) in [6.45, 7) is 2.43. The Bertz CT molecular complexity index is 517. The lowest BCUT2D eigenvalue weighted by molar-refractivity contribution is 0.0563. The highest BCUT2D eigenvalue weighted by molar-refractivity contribution is 5.45. The molecule has 0 atom stereocenters. The average molecular weight is 255 g/mol. The van der Waals surface area contributed by atoms with E-state index in [-0.39, 0.29) is 0 Å². The minimum Gasteiger partial charge on any atom is -0.378 e. The monoisotopic (exact) mass is 255 g/mol. The molecule has 7 heteroatoms. The van der Waals surface area contributed by atoms with Crippen LogP contribution in [0, 0.1) is 6.92 Å². The van der Waals surface area contributed by atoms with Crippen molar-refractivity contribution in [2.24, 2.45) is 0 Å². The molecule has 5 nitrogen and oxygen atoms in total. The third kappa shape index (κ3) is 2.66. The summed E-state index contributed by atoms with van der Waals surface area (Å²) in [5.74, 6) is 0. The van der Waals surface area contributed by atoms with Gasteiger partial charge < -0.3 is 5.32 Å². The van der Waals surface area contributed by atoms with Crippen LogP contribution < -0.4 is 5.32 Å². The molecule has 0 aromatic carbocycles. The van der Waals surface area contributed by atoms with Gasteiger partial charge in [0, 0.05) is 24.8 Å². The van der Waals surface area contributed by atoms with Gasteiger partial charge >= 0.3 is 6.55 Å². The van der Waals surface area contributed by atoms with Gasteiger partial charge in [-0.25, -0.2) is 4.68 Å². The Morgan fingerprint density at radius 2 is 2.17 bits per heavy atom. The molecule has 0 aliphatic carbocycles. The van der Waals surface area contributed by atoms with E-state index in [4.69, 9.17) is 0 Å². The summed E-state index contributed by atoms with van der Waals surface area (Å²) in [4.78, 5) is 0. The number of hydrogen-bond acceptors (Lipinski definition) is 3. The fourth-order valence-electron chi connectivity index (χ4n) is 1.62. The van der Waals surface area contributed by atoms with Gasteiger partial charge in [-0.1, -0.05) is 0 Å². The smallest absolute Gasteiger partial charge is 0.333 e. The number of hydrogen-bond donors (Lipinski definition) is 1. The van der Waals surface area contributed by atoms with E-state index >= 15 is 0 Å². The van der Waals surface area contributed by atoms with Gasteiger partial charge in [-0.15, -0.1) is 0 Å². The highest BCUT2D eigenvalue weighted by Crippen LogP contribution is 2.18. The first-order chi connectivity index (χ1) is 8.60. The van der Waals surface area contributed by atoms with Crippen molar-refractivity contribution in [1.29, 1.82) is 0 Å². The maximum absolute atomic E-state index is 12.4. The lowest BCUT2D eigenvalue weighted by atomic mass is 10.3. The minimum absolute atomic E-state index is 0.537. The molecule has 0 bridgehead atoms. The van der Waals surface area contributed by atoms with Gasteiger partial charge in [0.2, 0.25) is 0 Å². The molecule has 0 radical (unpaired) electrons. The molecule has 2 heterocycles. The van der Waals surface area contributed by atoms with E-state index in [1.165, 1.54) is 6.20 Å². The van der Waals surface area contributed by atoms with Crippen LogP contribution in [0.15, 0.2) is 18.6 Å². The Hall–Kier alpha value is -1.92. The number of halogens is 2. The Morgan fingerprint density at radius 3 is 2.72 bits per heavy atom. The predicted molar refractivity (Wildman–Crippen MR) is 63.4 cm³/mol. The number of nitrogens with zero attached hydrogens (tertiary/aromatic N) is 4. The van der Waals surface area contributed by atoms with E-state index in [1.807, 2.05) is 17.8 Å². The van der Waals surface area contributed by atoms with Crippen molar-refractivity contribution in [3.63, 3.8) is 0 Å². The summed E-state index contributed by atoms with van der Waals surface area (Å²) in [5, 5.41) is 10.9. The zero-order valence-corrected chi connectivity index (χ0v) is 10.3. The van der Waals surface area contributed by atoms with Crippen molar-refractivity contribution in [2.45, 2.75) is 33.5 Å². The van der Waals surface area contributed by atoms with Crippen LogP contribution in [0.3, 0.4) is 0 Å². The van der Waals surface area contributed by atoms with Crippen LogP contribution in [0.4, 0.5) is 14.5 Å². The van der Waals surface area contributed by atoms with Gasteiger partial charge in [0.25, 0.3) is 0 Å². The molecule has 0 saturated heterocycles. The number of aryl methyl sites for hydroxylation is 2. The average Bonchev–Trinajstić information content (AvgIpc) is 2.93. The molecule has 0 fully saturated rings. The van der Waals surface area contributed by atoms with Gasteiger partial charge in [0.05, 0.1) is 23.8 Å². The Balaban J connectivity index is 2.01. The van der Waals surface area contributed by atoms with E-state index in [0.717, 1.165) is 12.1 Å². The summed E-state index contributed by atoms with van der Waals surface area (Å²) < 4.78 is 27.3. The van der Waals surface area contributed by atoms with Crippen molar-refractivity contribution >= 4 is 5.69 Å². The zero-order valence-electron chi connectivity index (χ0n) is 10.3.